The van der Waals surface area contributed by atoms with E-state index < -0.39 is 0 Å². The summed E-state index contributed by atoms with van der Waals surface area (Å²) >= 11 is 0. The number of hydrogen-bond acceptors (Lipinski definition) is 4. The summed E-state index contributed by atoms with van der Waals surface area (Å²) in [6.45, 7) is 1.69. The van der Waals surface area contributed by atoms with Crippen LogP contribution in [0, 0.1) is 6.92 Å². The van der Waals surface area contributed by atoms with Gasteiger partial charge in [0.25, 0.3) is 5.56 Å². The van der Waals surface area contributed by atoms with E-state index in [9.17, 15) is 9.59 Å². The van der Waals surface area contributed by atoms with Crippen molar-refractivity contribution in [2.75, 3.05) is 13.2 Å². The van der Waals surface area contributed by atoms with Gasteiger partial charge in [0.05, 0.1) is 12.8 Å². The van der Waals surface area contributed by atoms with Gasteiger partial charge in [0.15, 0.2) is 0 Å². The molecule has 0 atom stereocenters. The maximum Gasteiger partial charge on any atom is 0.267 e. The van der Waals surface area contributed by atoms with Crippen molar-refractivity contribution in [1.29, 1.82) is 0 Å². The lowest BCUT2D eigenvalue weighted by Crippen LogP contribution is -2.34. The quantitative estimate of drug-likeness (QED) is 0.645. The summed E-state index contributed by atoms with van der Waals surface area (Å²) in [5.74, 6) is -0.345. The molecule has 0 radical (unpaired) electrons. The maximum absolute atomic E-state index is 11.3. The van der Waals surface area contributed by atoms with Gasteiger partial charge in [-0.3, -0.25) is 9.59 Å². The first kappa shape index (κ1) is 11.4. The molecule has 0 fully saturated rings. The van der Waals surface area contributed by atoms with Gasteiger partial charge in [-0.1, -0.05) is 0 Å². The Kier molecular flexibility index (Phi) is 3.99. The minimum Gasteiger partial charge on any atom is -0.395 e. The molecule has 1 heterocycles. The molecule has 1 aromatic heterocycles. The number of hydrogen-bond donors (Lipinski definition) is 2. The Morgan fingerprint density at radius 2 is 2.40 bits per heavy atom. The molecule has 0 aliphatic carbocycles. The van der Waals surface area contributed by atoms with Gasteiger partial charge in [0.2, 0.25) is 5.91 Å². The molecule has 2 N–H and O–H groups in total. The van der Waals surface area contributed by atoms with Gasteiger partial charge in [-0.25, -0.2) is 4.68 Å². The number of aryl methyl sites for hydroxylation is 1. The molecule has 1 amide bonds. The average molecular weight is 211 g/mol. The summed E-state index contributed by atoms with van der Waals surface area (Å²) < 4.78 is 1.07. The van der Waals surface area contributed by atoms with E-state index in [2.05, 4.69) is 10.4 Å². The third kappa shape index (κ3) is 3.51. The van der Waals surface area contributed by atoms with E-state index in [-0.39, 0.29) is 31.2 Å². The monoisotopic (exact) mass is 211 g/mol. The zero-order chi connectivity index (χ0) is 11.3. The fourth-order valence-electron chi connectivity index (χ4n) is 1.03. The van der Waals surface area contributed by atoms with E-state index in [0.29, 0.717) is 0 Å². The molecule has 0 aromatic carbocycles. The van der Waals surface area contributed by atoms with Crippen molar-refractivity contribution < 1.29 is 9.90 Å². The number of amides is 1. The smallest absolute Gasteiger partial charge is 0.267 e. The summed E-state index contributed by atoms with van der Waals surface area (Å²) in [5.41, 5.74) is 0.446. The number of rotatable bonds is 4. The average Bonchev–Trinajstić information content (AvgIpc) is 2.19. The van der Waals surface area contributed by atoms with Crippen LogP contribution in [-0.2, 0) is 11.3 Å². The van der Waals surface area contributed by atoms with Crippen LogP contribution in [-0.4, -0.2) is 33.9 Å². The standard InChI is InChI=1S/C9H13N3O3/c1-7-4-9(15)12(11-5-7)6-8(14)10-2-3-13/h4-5,13H,2-3,6H2,1H3,(H,10,14). The second kappa shape index (κ2) is 5.26. The molecule has 0 unspecified atom stereocenters. The molecule has 1 aromatic rings. The van der Waals surface area contributed by atoms with Crippen LogP contribution in [0.15, 0.2) is 17.1 Å². The van der Waals surface area contributed by atoms with Crippen molar-refractivity contribution in [3.05, 3.63) is 28.2 Å². The molecule has 1 rings (SSSR count). The summed E-state index contributed by atoms with van der Waals surface area (Å²) in [6, 6.07) is 1.41. The molecule has 0 aliphatic heterocycles. The van der Waals surface area contributed by atoms with E-state index in [0.717, 1.165) is 10.2 Å². The SMILES string of the molecule is Cc1cnn(CC(=O)NCCO)c(=O)c1. The van der Waals surface area contributed by atoms with E-state index >= 15 is 0 Å². The number of aliphatic hydroxyl groups excluding tert-OH is 1. The molecule has 0 saturated heterocycles. The first-order chi connectivity index (χ1) is 7.13. The molecule has 0 spiro atoms. The van der Waals surface area contributed by atoms with Crippen LogP contribution in [0.1, 0.15) is 5.56 Å². The molecular weight excluding hydrogens is 198 g/mol. The summed E-state index contributed by atoms with van der Waals surface area (Å²) in [4.78, 5) is 22.5. The van der Waals surface area contributed by atoms with Gasteiger partial charge < -0.3 is 10.4 Å². The number of carbonyl (C=O) groups excluding carboxylic acids is 1. The minimum atomic E-state index is -0.345. The maximum atomic E-state index is 11.3. The topological polar surface area (TPSA) is 84.2 Å². The van der Waals surface area contributed by atoms with Gasteiger partial charge >= 0.3 is 0 Å². The Balaban J connectivity index is 2.65. The lowest BCUT2D eigenvalue weighted by atomic mass is 10.3. The molecule has 6 heteroatoms. The van der Waals surface area contributed by atoms with Gasteiger partial charge in [-0.05, 0) is 12.5 Å². The summed E-state index contributed by atoms with van der Waals surface area (Å²) in [5, 5.41) is 14.7. The van der Waals surface area contributed by atoms with Crippen molar-refractivity contribution in [2.45, 2.75) is 13.5 Å². The van der Waals surface area contributed by atoms with E-state index in [1.165, 1.54) is 12.3 Å². The van der Waals surface area contributed by atoms with Gasteiger partial charge in [-0.15, -0.1) is 0 Å². The van der Waals surface area contributed by atoms with Gasteiger partial charge in [0.1, 0.15) is 6.54 Å². The number of carbonyl (C=O) groups is 1. The van der Waals surface area contributed by atoms with Gasteiger partial charge in [-0.2, -0.15) is 5.10 Å². The predicted molar refractivity (Wildman–Crippen MR) is 53.3 cm³/mol. The Hall–Kier alpha value is -1.69. The van der Waals surface area contributed by atoms with E-state index in [4.69, 9.17) is 5.11 Å². The highest BCUT2D eigenvalue weighted by Crippen LogP contribution is 1.86. The van der Waals surface area contributed by atoms with Crippen LogP contribution >= 0.6 is 0 Å². The molecule has 0 aliphatic rings. The Morgan fingerprint density at radius 3 is 3.00 bits per heavy atom. The van der Waals surface area contributed by atoms with E-state index in [1.54, 1.807) is 6.92 Å². The number of nitrogens with zero attached hydrogens (tertiary/aromatic N) is 2. The number of aliphatic hydroxyl groups is 1. The highest BCUT2D eigenvalue weighted by atomic mass is 16.3. The van der Waals surface area contributed by atoms with Crippen LogP contribution in [0.4, 0.5) is 0 Å². The molecule has 0 saturated carbocycles. The lowest BCUT2D eigenvalue weighted by molar-refractivity contribution is -0.122. The third-order valence-corrected chi connectivity index (χ3v) is 1.73. The van der Waals surface area contributed by atoms with Crippen molar-refractivity contribution >= 4 is 5.91 Å². The largest absolute Gasteiger partial charge is 0.395 e. The van der Waals surface area contributed by atoms with Crippen LogP contribution in [0.5, 0.6) is 0 Å². The zero-order valence-electron chi connectivity index (χ0n) is 8.43. The molecule has 6 nitrogen and oxygen atoms in total. The van der Waals surface area contributed by atoms with Crippen LogP contribution < -0.4 is 10.9 Å². The summed E-state index contributed by atoms with van der Waals surface area (Å²) in [7, 11) is 0. The molecular formula is C9H13N3O3. The molecule has 0 bridgehead atoms. The fourth-order valence-corrected chi connectivity index (χ4v) is 1.03. The van der Waals surface area contributed by atoms with Crippen LogP contribution in [0.3, 0.4) is 0 Å². The van der Waals surface area contributed by atoms with Crippen LogP contribution in [0.2, 0.25) is 0 Å². The Labute approximate surface area is 86.5 Å². The number of aromatic nitrogens is 2. The van der Waals surface area contributed by atoms with Gasteiger partial charge in [0, 0.05) is 12.6 Å². The lowest BCUT2D eigenvalue weighted by Gasteiger charge is -2.04. The summed E-state index contributed by atoms with van der Waals surface area (Å²) in [6.07, 6.45) is 1.51. The second-order valence-corrected chi connectivity index (χ2v) is 3.10. The first-order valence-corrected chi connectivity index (χ1v) is 4.55. The predicted octanol–water partition coefficient (Wildman–Crippen LogP) is -1.34. The first-order valence-electron chi connectivity index (χ1n) is 4.55. The highest BCUT2D eigenvalue weighted by molar-refractivity contribution is 5.75. The minimum absolute atomic E-state index is 0.123. The molecule has 15 heavy (non-hydrogen) atoms. The van der Waals surface area contributed by atoms with Crippen molar-refractivity contribution in [2.24, 2.45) is 0 Å². The van der Waals surface area contributed by atoms with Crippen molar-refractivity contribution in [1.82, 2.24) is 15.1 Å². The van der Waals surface area contributed by atoms with E-state index in [1.807, 2.05) is 0 Å². The third-order valence-electron chi connectivity index (χ3n) is 1.73. The molecule has 82 valence electrons. The fraction of sp³-hybridized carbons (Fsp3) is 0.444. The Bertz CT molecular complexity index is 400. The highest BCUT2D eigenvalue weighted by Gasteiger charge is 2.04. The normalized spacial score (nSPS) is 10.0. The van der Waals surface area contributed by atoms with Crippen molar-refractivity contribution in [3.63, 3.8) is 0 Å². The van der Waals surface area contributed by atoms with Crippen LogP contribution in [0.25, 0.3) is 0 Å². The number of nitrogens with one attached hydrogen (secondary N) is 1. The van der Waals surface area contributed by atoms with Crippen molar-refractivity contribution in [3.8, 4) is 0 Å². The Morgan fingerprint density at radius 1 is 1.67 bits per heavy atom. The zero-order valence-corrected chi connectivity index (χ0v) is 8.43. The second-order valence-electron chi connectivity index (χ2n) is 3.10.